The molecule has 1 atom stereocenters. The van der Waals surface area contributed by atoms with Crippen molar-refractivity contribution in [1.82, 2.24) is 20.2 Å². The summed E-state index contributed by atoms with van der Waals surface area (Å²) in [6.45, 7) is 0.884. The summed E-state index contributed by atoms with van der Waals surface area (Å²) in [5.41, 5.74) is 4.76. The number of aliphatic carboxylic acids is 1. The van der Waals surface area contributed by atoms with E-state index in [1.807, 2.05) is 24.3 Å². The molecule has 1 aromatic heterocycles. The number of carbonyl (C=O) groups excluding carboxylic acids is 2. The van der Waals surface area contributed by atoms with Crippen LogP contribution in [0, 0.1) is 0 Å². The van der Waals surface area contributed by atoms with E-state index in [1.54, 1.807) is 4.57 Å². The second kappa shape index (κ2) is 10.8. The molecular weight excluding hydrogens is 452 g/mol. The van der Waals surface area contributed by atoms with Gasteiger partial charge in [-0.15, -0.1) is 0 Å². The Bertz CT molecular complexity index is 1180. The second-order valence-corrected chi connectivity index (χ2v) is 8.15. The van der Waals surface area contributed by atoms with Crippen molar-refractivity contribution in [2.24, 2.45) is 0 Å². The summed E-state index contributed by atoms with van der Waals surface area (Å²) in [5, 5.41) is 23.1. The van der Waals surface area contributed by atoms with Gasteiger partial charge in [-0.05, 0) is 22.3 Å². The van der Waals surface area contributed by atoms with Gasteiger partial charge >= 0.3 is 12.1 Å². The molecule has 4 N–H and O–H groups in total. The lowest BCUT2D eigenvalue weighted by molar-refractivity contribution is -0.146. The molecule has 2 amide bonds. The molecule has 1 aliphatic carbocycles. The Labute approximate surface area is 201 Å². The highest BCUT2D eigenvalue weighted by atomic mass is 16.5. The van der Waals surface area contributed by atoms with Crippen LogP contribution in [0.25, 0.3) is 11.1 Å². The lowest BCUT2D eigenvalue weighted by Gasteiger charge is -2.14. The smallest absolute Gasteiger partial charge is 0.407 e. The summed E-state index contributed by atoms with van der Waals surface area (Å²) in [5.74, 6) is -1.84. The van der Waals surface area contributed by atoms with Crippen molar-refractivity contribution in [3.8, 4) is 11.1 Å². The van der Waals surface area contributed by atoms with E-state index in [1.165, 1.54) is 12.5 Å². The fourth-order valence-corrected chi connectivity index (χ4v) is 4.07. The van der Waals surface area contributed by atoms with Gasteiger partial charge in [-0.1, -0.05) is 48.5 Å². The number of rotatable bonds is 10. The molecule has 0 aliphatic heterocycles. The van der Waals surface area contributed by atoms with E-state index in [2.05, 4.69) is 39.9 Å². The first-order valence-electron chi connectivity index (χ1n) is 11.2. The summed E-state index contributed by atoms with van der Waals surface area (Å²) in [7, 11) is 0. The van der Waals surface area contributed by atoms with Gasteiger partial charge in [0.1, 0.15) is 12.3 Å². The third-order valence-corrected chi connectivity index (χ3v) is 5.84. The highest BCUT2D eigenvalue weighted by Crippen LogP contribution is 2.44. The van der Waals surface area contributed by atoms with Gasteiger partial charge in [-0.2, -0.15) is 0 Å². The molecule has 0 saturated heterocycles. The van der Waals surface area contributed by atoms with E-state index in [9.17, 15) is 19.5 Å². The topological polar surface area (TPSA) is 143 Å². The molecule has 0 saturated carbocycles. The number of ether oxygens (including phenoxy) is 1. The van der Waals surface area contributed by atoms with Gasteiger partial charge in [0.05, 0.1) is 6.33 Å². The van der Waals surface area contributed by atoms with E-state index in [0.29, 0.717) is 6.54 Å². The zero-order valence-electron chi connectivity index (χ0n) is 18.9. The number of hydrogen-bond donors (Lipinski definition) is 4. The van der Waals surface area contributed by atoms with Gasteiger partial charge < -0.3 is 30.2 Å². The Morgan fingerprint density at radius 3 is 2.31 bits per heavy atom. The van der Waals surface area contributed by atoms with Crippen LogP contribution in [0.15, 0.2) is 61.1 Å². The predicted molar refractivity (Wildman–Crippen MR) is 126 cm³/mol. The monoisotopic (exact) mass is 478 g/mol. The number of carbonyl (C=O) groups is 3. The Balaban J connectivity index is 1.21. The highest BCUT2D eigenvalue weighted by Gasteiger charge is 2.28. The molecule has 0 spiro atoms. The van der Waals surface area contributed by atoms with Crippen LogP contribution in [0.3, 0.4) is 0 Å². The second-order valence-electron chi connectivity index (χ2n) is 8.15. The number of imidazole rings is 1. The lowest BCUT2D eigenvalue weighted by Crippen LogP contribution is -2.30. The average molecular weight is 479 g/mol. The van der Waals surface area contributed by atoms with Crippen LogP contribution in [-0.4, -0.2) is 63.5 Å². The number of fused-ring (bicyclic) bond motifs is 3. The van der Waals surface area contributed by atoms with E-state index in [-0.39, 0.29) is 37.7 Å². The highest BCUT2D eigenvalue weighted by molar-refractivity contribution is 5.92. The first kappa shape index (κ1) is 24.0. The maximum Gasteiger partial charge on any atom is 0.407 e. The van der Waals surface area contributed by atoms with Gasteiger partial charge in [0, 0.05) is 38.2 Å². The fourth-order valence-electron chi connectivity index (χ4n) is 4.07. The summed E-state index contributed by atoms with van der Waals surface area (Å²) in [6, 6.07) is 16.2. The standard InChI is InChI=1S/C25H26N4O6/c30-22(24(32)33)9-10-26-23(31)21-13-29(15-28-21)12-11-27-25(34)35-14-20-18-7-3-1-5-16(18)17-6-2-4-8-19(17)20/h1-8,13,15,20,22,30H,9-12,14H2,(H,26,31)(H,27,34)(H,32,33)/t22-/m0/s1. The van der Waals surface area contributed by atoms with Crippen LogP contribution in [0.2, 0.25) is 0 Å². The zero-order chi connectivity index (χ0) is 24.8. The van der Waals surface area contributed by atoms with Crippen molar-refractivity contribution in [1.29, 1.82) is 0 Å². The predicted octanol–water partition coefficient (Wildman–Crippen LogP) is 1.99. The Kier molecular flexibility index (Phi) is 7.41. The van der Waals surface area contributed by atoms with Crippen molar-refractivity contribution in [3.05, 3.63) is 77.9 Å². The first-order valence-corrected chi connectivity index (χ1v) is 11.2. The van der Waals surface area contributed by atoms with Gasteiger partial charge in [0.15, 0.2) is 6.10 Å². The van der Waals surface area contributed by atoms with E-state index >= 15 is 0 Å². The molecule has 1 heterocycles. The number of nitrogens with one attached hydrogen (secondary N) is 2. The van der Waals surface area contributed by atoms with Gasteiger partial charge in [-0.25, -0.2) is 14.6 Å². The number of amides is 2. The Morgan fingerprint density at radius 1 is 1.00 bits per heavy atom. The van der Waals surface area contributed by atoms with Crippen LogP contribution in [-0.2, 0) is 16.1 Å². The number of aromatic nitrogens is 2. The molecule has 35 heavy (non-hydrogen) atoms. The summed E-state index contributed by atoms with van der Waals surface area (Å²) >= 11 is 0. The molecule has 1 aliphatic rings. The van der Waals surface area contributed by atoms with Gasteiger partial charge in [0.2, 0.25) is 0 Å². The number of aliphatic hydroxyl groups is 1. The SMILES string of the molecule is O=C(NCCn1cnc(C(=O)NCC[C@H](O)C(=O)O)c1)OCC1c2ccccc2-c2ccccc21. The molecule has 0 unspecified atom stereocenters. The third-order valence-electron chi connectivity index (χ3n) is 5.84. The van der Waals surface area contributed by atoms with Gasteiger partial charge in [0.25, 0.3) is 5.91 Å². The molecule has 2 aromatic carbocycles. The molecule has 182 valence electrons. The minimum atomic E-state index is -1.53. The minimum absolute atomic E-state index is 0.00248. The van der Waals surface area contributed by atoms with Crippen LogP contribution in [0.1, 0.15) is 34.0 Å². The number of aliphatic hydroxyl groups excluding tert-OH is 1. The molecular formula is C25H26N4O6. The zero-order valence-corrected chi connectivity index (χ0v) is 18.9. The van der Waals surface area contributed by atoms with Crippen LogP contribution < -0.4 is 10.6 Å². The number of nitrogens with zero attached hydrogens (tertiary/aromatic N) is 2. The Hall–Kier alpha value is -4.18. The minimum Gasteiger partial charge on any atom is -0.479 e. The number of hydrogen-bond acceptors (Lipinski definition) is 6. The quantitative estimate of drug-likeness (QED) is 0.349. The third kappa shape index (κ3) is 5.67. The maximum absolute atomic E-state index is 12.3. The van der Waals surface area contributed by atoms with Gasteiger partial charge in [-0.3, -0.25) is 4.79 Å². The molecule has 4 rings (SSSR count). The molecule has 10 nitrogen and oxygen atoms in total. The van der Waals surface area contributed by atoms with Crippen molar-refractivity contribution >= 4 is 18.0 Å². The normalized spacial score (nSPS) is 12.9. The lowest BCUT2D eigenvalue weighted by atomic mass is 9.98. The van der Waals surface area contributed by atoms with Crippen LogP contribution in [0.5, 0.6) is 0 Å². The van der Waals surface area contributed by atoms with Crippen LogP contribution in [0.4, 0.5) is 4.79 Å². The summed E-state index contributed by atoms with van der Waals surface area (Å²) in [6.07, 6.45) is 0.813. The van der Waals surface area contributed by atoms with E-state index in [4.69, 9.17) is 9.84 Å². The van der Waals surface area contributed by atoms with Crippen molar-refractivity contribution < 1.29 is 29.3 Å². The Morgan fingerprint density at radius 2 is 1.66 bits per heavy atom. The van der Waals surface area contributed by atoms with Crippen molar-refractivity contribution in [3.63, 3.8) is 0 Å². The molecule has 0 fully saturated rings. The number of alkyl carbamates (subject to hydrolysis) is 1. The molecule has 0 radical (unpaired) electrons. The summed E-state index contributed by atoms with van der Waals surface area (Å²) in [4.78, 5) is 38.9. The molecule has 0 bridgehead atoms. The number of benzene rings is 2. The van der Waals surface area contributed by atoms with Crippen molar-refractivity contribution in [2.75, 3.05) is 19.7 Å². The van der Waals surface area contributed by atoms with E-state index in [0.717, 1.165) is 22.3 Å². The molecule has 3 aromatic rings. The van der Waals surface area contributed by atoms with Crippen LogP contribution >= 0.6 is 0 Å². The number of carboxylic acids is 1. The fraction of sp³-hybridized carbons (Fsp3) is 0.280. The molecule has 10 heteroatoms. The van der Waals surface area contributed by atoms with Crippen molar-refractivity contribution in [2.45, 2.75) is 25.0 Å². The maximum atomic E-state index is 12.3. The average Bonchev–Trinajstić information content (AvgIpc) is 3.45. The number of carboxylic acid groups (broad SMARTS) is 1. The van der Waals surface area contributed by atoms with E-state index < -0.39 is 24.1 Å². The summed E-state index contributed by atoms with van der Waals surface area (Å²) < 4.78 is 7.14. The largest absolute Gasteiger partial charge is 0.479 e. The first-order chi connectivity index (χ1) is 16.9.